The van der Waals surface area contributed by atoms with Crippen LogP contribution >= 0.6 is 11.6 Å². The Hall–Kier alpha value is -1.26. The number of benzene rings is 1. The number of anilines is 2. The quantitative estimate of drug-likeness (QED) is 0.759. The standard InChI is InChI=1S/C16H24ClN3O/c1-11(2)7-8-20(13-4-5-13)10-16(21)19-15-6-3-12(18)9-14(15)17/h3,6,9,11,13H,4-5,7-8,10,18H2,1-2H3,(H,19,21). The summed E-state index contributed by atoms with van der Waals surface area (Å²) in [6.07, 6.45) is 3.52. The number of nitrogens with two attached hydrogens (primary N) is 1. The van der Waals surface area contributed by atoms with Crippen LogP contribution in [0.1, 0.15) is 33.1 Å². The number of carbonyl (C=O) groups excluding carboxylic acids is 1. The molecule has 0 aliphatic heterocycles. The van der Waals surface area contributed by atoms with E-state index in [2.05, 4.69) is 24.1 Å². The highest BCUT2D eigenvalue weighted by atomic mass is 35.5. The van der Waals surface area contributed by atoms with E-state index >= 15 is 0 Å². The first-order chi connectivity index (χ1) is 9.95. The topological polar surface area (TPSA) is 58.4 Å². The monoisotopic (exact) mass is 309 g/mol. The number of nitrogens with one attached hydrogen (secondary N) is 1. The van der Waals surface area contributed by atoms with E-state index in [1.165, 1.54) is 12.8 Å². The van der Waals surface area contributed by atoms with Crippen LogP contribution in [0.4, 0.5) is 11.4 Å². The van der Waals surface area contributed by atoms with Crippen LogP contribution in [0.25, 0.3) is 0 Å². The lowest BCUT2D eigenvalue weighted by atomic mass is 10.1. The molecule has 3 N–H and O–H groups in total. The number of halogens is 1. The van der Waals surface area contributed by atoms with Gasteiger partial charge in [-0.05, 0) is 49.9 Å². The minimum Gasteiger partial charge on any atom is -0.399 e. The molecular formula is C16H24ClN3O. The van der Waals surface area contributed by atoms with Crippen molar-refractivity contribution in [1.82, 2.24) is 4.90 Å². The van der Waals surface area contributed by atoms with Crippen molar-refractivity contribution >= 4 is 28.9 Å². The van der Waals surface area contributed by atoms with E-state index in [9.17, 15) is 4.79 Å². The molecule has 0 heterocycles. The summed E-state index contributed by atoms with van der Waals surface area (Å²) in [6.45, 7) is 5.82. The van der Waals surface area contributed by atoms with Crippen LogP contribution in [0.5, 0.6) is 0 Å². The molecule has 0 spiro atoms. The number of nitrogens with zero attached hydrogens (tertiary/aromatic N) is 1. The van der Waals surface area contributed by atoms with Crippen molar-refractivity contribution < 1.29 is 4.79 Å². The van der Waals surface area contributed by atoms with Gasteiger partial charge in [-0.2, -0.15) is 0 Å². The Kier molecular flexibility index (Phi) is 5.48. The van der Waals surface area contributed by atoms with Gasteiger partial charge in [0.25, 0.3) is 0 Å². The average molecular weight is 310 g/mol. The first-order valence-electron chi connectivity index (χ1n) is 7.54. The van der Waals surface area contributed by atoms with Crippen LogP contribution in [0.3, 0.4) is 0 Å². The molecule has 1 aliphatic carbocycles. The predicted molar refractivity (Wildman–Crippen MR) is 88.5 cm³/mol. The summed E-state index contributed by atoms with van der Waals surface area (Å²) in [5, 5.41) is 3.35. The van der Waals surface area contributed by atoms with Crippen molar-refractivity contribution in [2.24, 2.45) is 5.92 Å². The number of hydrogen-bond acceptors (Lipinski definition) is 3. The molecule has 21 heavy (non-hydrogen) atoms. The molecule has 116 valence electrons. The van der Waals surface area contributed by atoms with E-state index in [0.29, 0.717) is 34.9 Å². The number of carbonyl (C=O) groups is 1. The van der Waals surface area contributed by atoms with Gasteiger partial charge < -0.3 is 11.1 Å². The summed E-state index contributed by atoms with van der Waals surface area (Å²) in [5.74, 6) is 0.637. The minimum atomic E-state index is -0.0164. The number of rotatable bonds is 7. The molecule has 1 aromatic rings. The molecule has 2 rings (SSSR count). The second-order valence-electron chi connectivity index (χ2n) is 6.17. The van der Waals surface area contributed by atoms with Crippen LogP contribution in [0.15, 0.2) is 18.2 Å². The third-order valence-corrected chi connectivity index (χ3v) is 3.98. The minimum absolute atomic E-state index is 0.0164. The lowest BCUT2D eigenvalue weighted by Crippen LogP contribution is -2.36. The zero-order valence-electron chi connectivity index (χ0n) is 12.7. The second-order valence-corrected chi connectivity index (χ2v) is 6.58. The third-order valence-electron chi connectivity index (χ3n) is 3.67. The van der Waals surface area contributed by atoms with Gasteiger partial charge in [0.05, 0.1) is 17.3 Å². The highest BCUT2D eigenvalue weighted by molar-refractivity contribution is 6.34. The van der Waals surface area contributed by atoms with Gasteiger partial charge in [-0.3, -0.25) is 9.69 Å². The van der Waals surface area contributed by atoms with Crippen LogP contribution in [-0.4, -0.2) is 29.9 Å². The van der Waals surface area contributed by atoms with Crippen molar-refractivity contribution in [3.05, 3.63) is 23.2 Å². The molecule has 0 atom stereocenters. The van der Waals surface area contributed by atoms with Gasteiger partial charge in [0.2, 0.25) is 5.91 Å². The molecule has 1 aromatic carbocycles. The average Bonchev–Trinajstić information content (AvgIpc) is 3.22. The van der Waals surface area contributed by atoms with Gasteiger partial charge in [0.15, 0.2) is 0 Å². The Bertz CT molecular complexity index is 500. The summed E-state index contributed by atoms with van der Waals surface area (Å²) in [5.41, 5.74) is 6.86. The molecule has 0 radical (unpaired) electrons. The SMILES string of the molecule is CC(C)CCN(CC(=O)Nc1ccc(N)cc1Cl)C1CC1. The third kappa shape index (κ3) is 5.21. The van der Waals surface area contributed by atoms with Crippen LogP contribution in [0.2, 0.25) is 5.02 Å². The van der Waals surface area contributed by atoms with Crippen molar-refractivity contribution in [3.8, 4) is 0 Å². The molecule has 0 bridgehead atoms. The number of amides is 1. The Labute approximate surface area is 131 Å². The normalized spacial score (nSPS) is 14.7. The number of hydrogen-bond donors (Lipinski definition) is 2. The fourth-order valence-electron chi connectivity index (χ4n) is 2.26. The van der Waals surface area contributed by atoms with Gasteiger partial charge in [-0.25, -0.2) is 0 Å². The van der Waals surface area contributed by atoms with Crippen molar-refractivity contribution in [3.63, 3.8) is 0 Å². The van der Waals surface area contributed by atoms with E-state index in [4.69, 9.17) is 17.3 Å². The maximum absolute atomic E-state index is 12.2. The summed E-state index contributed by atoms with van der Waals surface area (Å²) in [7, 11) is 0. The highest BCUT2D eigenvalue weighted by Crippen LogP contribution is 2.28. The Morgan fingerprint density at radius 1 is 1.48 bits per heavy atom. The van der Waals surface area contributed by atoms with Crippen molar-refractivity contribution in [1.29, 1.82) is 0 Å². The lowest BCUT2D eigenvalue weighted by Gasteiger charge is -2.22. The van der Waals surface area contributed by atoms with E-state index < -0.39 is 0 Å². The molecule has 1 saturated carbocycles. The molecule has 0 aromatic heterocycles. The van der Waals surface area contributed by atoms with Gasteiger partial charge in [0.1, 0.15) is 0 Å². The second kappa shape index (κ2) is 7.14. The molecule has 1 amide bonds. The number of nitrogen functional groups attached to an aromatic ring is 1. The Morgan fingerprint density at radius 2 is 2.19 bits per heavy atom. The molecular weight excluding hydrogens is 286 g/mol. The van der Waals surface area contributed by atoms with Gasteiger partial charge in [-0.15, -0.1) is 0 Å². The predicted octanol–water partition coefficient (Wildman–Crippen LogP) is 3.37. The van der Waals surface area contributed by atoms with E-state index in [1.807, 2.05) is 0 Å². The molecule has 5 heteroatoms. The first kappa shape index (κ1) is 16.1. The Balaban J connectivity index is 1.89. The van der Waals surface area contributed by atoms with Gasteiger partial charge in [0, 0.05) is 11.7 Å². The summed E-state index contributed by atoms with van der Waals surface area (Å²) in [6, 6.07) is 5.70. The van der Waals surface area contributed by atoms with E-state index in [0.717, 1.165) is 13.0 Å². The largest absolute Gasteiger partial charge is 0.399 e. The lowest BCUT2D eigenvalue weighted by molar-refractivity contribution is -0.117. The smallest absolute Gasteiger partial charge is 0.238 e. The highest BCUT2D eigenvalue weighted by Gasteiger charge is 2.30. The van der Waals surface area contributed by atoms with Gasteiger partial charge in [-0.1, -0.05) is 25.4 Å². The first-order valence-corrected chi connectivity index (χ1v) is 7.92. The maximum Gasteiger partial charge on any atom is 0.238 e. The molecule has 1 fully saturated rings. The fourth-order valence-corrected chi connectivity index (χ4v) is 2.50. The van der Waals surface area contributed by atoms with Crippen molar-refractivity contribution in [2.45, 2.75) is 39.2 Å². The molecule has 4 nitrogen and oxygen atoms in total. The molecule has 1 aliphatic rings. The van der Waals surface area contributed by atoms with E-state index in [-0.39, 0.29) is 5.91 Å². The van der Waals surface area contributed by atoms with Gasteiger partial charge >= 0.3 is 0 Å². The zero-order valence-corrected chi connectivity index (χ0v) is 13.5. The zero-order chi connectivity index (χ0) is 15.4. The molecule has 0 saturated heterocycles. The van der Waals surface area contributed by atoms with Crippen LogP contribution in [0, 0.1) is 5.92 Å². The van der Waals surface area contributed by atoms with Crippen LogP contribution in [-0.2, 0) is 4.79 Å². The maximum atomic E-state index is 12.2. The fraction of sp³-hybridized carbons (Fsp3) is 0.562. The molecule has 0 unspecified atom stereocenters. The summed E-state index contributed by atoms with van der Waals surface area (Å²) < 4.78 is 0. The Morgan fingerprint density at radius 3 is 2.76 bits per heavy atom. The van der Waals surface area contributed by atoms with Crippen LogP contribution < -0.4 is 11.1 Å². The summed E-state index contributed by atoms with van der Waals surface area (Å²) >= 11 is 6.08. The van der Waals surface area contributed by atoms with E-state index in [1.54, 1.807) is 18.2 Å². The van der Waals surface area contributed by atoms with Crippen molar-refractivity contribution in [2.75, 3.05) is 24.1 Å². The summed E-state index contributed by atoms with van der Waals surface area (Å²) in [4.78, 5) is 14.5.